The number of hydrogen-bond donors (Lipinski definition) is 2. The van der Waals surface area contributed by atoms with Crippen LogP contribution in [0, 0.1) is 17.6 Å². The van der Waals surface area contributed by atoms with Gasteiger partial charge in [-0.2, -0.15) is 0 Å². The molecule has 0 radical (unpaired) electrons. The van der Waals surface area contributed by atoms with E-state index in [1.54, 1.807) is 4.90 Å². The number of benzene rings is 1. The summed E-state index contributed by atoms with van der Waals surface area (Å²) in [5, 5.41) is 15.0. The lowest BCUT2D eigenvalue weighted by atomic mass is 10.1. The molecule has 2 N–H and O–H groups in total. The number of amides is 2. The van der Waals surface area contributed by atoms with Crippen molar-refractivity contribution in [3.63, 3.8) is 0 Å². The molecule has 2 amide bonds. The minimum atomic E-state index is -0.983. The van der Waals surface area contributed by atoms with Gasteiger partial charge in [0.2, 0.25) is 5.43 Å². The highest BCUT2D eigenvalue weighted by atomic mass is 19.1. The molecule has 0 bridgehead atoms. The van der Waals surface area contributed by atoms with Crippen LogP contribution in [0.5, 0.6) is 5.75 Å². The summed E-state index contributed by atoms with van der Waals surface area (Å²) in [6, 6.07) is 2.97. The van der Waals surface area contributed by atoms with E-state index in [0.717, 1.165) is 31.7 Å². The Morgan fingerprint density at radius 1 is 1.21 bits per heavy atom. The Morgan fingerprint density at radius 3 is 2.56 bits per heavy atom. The Hall–Kier alpha value is -3.43. The molecule has 0 unspecified atom stereocenters. The maximum atomic E-state index is 13.9. The summed E-state index contributed by atoms with van der Waals surface area (Å²) in [4.78, 5) is 40.3. The highest BCUT2D eigenvalue weighted by Crippen LogP contribution is 2.30. The molecule has 10 heteroatoms. The van der Waals surface area contributed by atoms with Crippen molar-refractivity contribution < 1.29 is 23.5 Å². The fourth-order valence-corrected chi connectivity index (χ4v) is 4.84. The van der Waals surface area contributed by atoms with Crippen LogP contribution >= 0.6 is 0 Å². The van der Waals surface area contributed by atoms with Crippen LogP contribution in [0.25, 0.3) is 0 Å². The average molecular weight is 475 g/mol. The molecule has 182 valence electrons. The quantitative estimate of drug-likeness (QED) is 0.672. The zero-order valence-corrected chi connectivity index (χ0v) is 19.2. The molecule has 1 saturated carbocycles. The molecule has 2 heterocycles. The minimum Gasteiger partial charge on any atom is -0.502 e. The monoisotopic (exact) mass is 474 g/mol. The van der Waals surface area contributed by atoms with Crippen molar-refractivity contribution in [1.29, 1.82) is 0 Å². The molecule has 34 heavy (non-hydrogen) atoms. The van der Waals surface area contributed by atoms with Gasteiger partial charge in [0.15, 0.2) is 11.4 Å². The topological polar surface area (TPSA) is 94.9 Å². The van der Waals surface area contributed by atoms with E-state index in [1.807, 2.05) is 18.9 Å². The number of carbonyl (C=O) groups excluding carboxylic acids is 2. The van der Waals surface area contributed by atoms with Gasteiger partial charge < -0.3 is 15.3 Å². The first-order valence-electron chi connectivity index (χ1n) is 11.5. The van der Waals surface area contributed by atoms with E-state index in [9.17, 15) is 28.3 Å². The fourth-order valence-electron chi connectivity index (χ4n) is 4.84. The molecule has 2 aliphatic rings. The van der Waals surface area contributed by atoms with Gasteiger partial charge in [0.1, 0.15) is 23.4 Å². The lowest BCUT2D eigenvalue weighted by Crippen LogP contribution is -2.61. The number of carbonyl (C=O) groups is 2. The molecule has 1 aliphatic heterocycles. The number of pyridine rings is 1. The number of rotatable bonds is 6. The number of aromatic hydroxyl groups is 1. The van der Waals surface area contributed by atoms with Crippen LogP contribution in [0.1, 0.15) is 65.9 Å². The first kappa shape index (κ1) is 23.7. The molecular weight excluding hydrogens is 446 g/mol. The maximum Gasteiger partial charge on any atom is 0.278 e. The van der Waals surface area contributed by atoms with Crippen LogP contribution in [0.2, 0.25) is 0 Å². The number of fused-ring (bicyclic) bond motifs is 1. The van der Waals surface area contributed by atoms with Crippen LogP contribution in [-0.2, 0) is 6.54 Å². The SMILES string of the molecule is CCN1C(=O)c2c(O)c(=O)c(C(=O)NCc3ccc(F)cc3F)cn2N(CC2CCCC2)[C@H]1C. The van der Waals surface area contributed by atoms with E-state index in [4.69, 9.17) is 0 Å². The molecule has 1 atom stereocenters. The van der Waals surface area contributed by atoms with Gasteiger partial charge in [-0.05, 0) is 38.7 Å². The first-order valence-corrected chi connectivity index (χ1v) is 11.5. The Labute approximate surface area is 195 Å². The molecule has 0 spiro atoms. The molecule has 8 nitrogen and oxygen atoms in total. The minimum absolute atomic E-state index is 0.0438. The Bertz CT molecular complexity index is 1180. The Morgan fingerprint density at radius 2 is 1.91 bits per heavy atom. The molecule has 0 saturated heterocycles. The van der Waals surface area contributed by atoms with E-state index >= 15 is 0 Å². The second-order valence-corrected chi connectivity index (χ2v) is 8.83. The van der Waals surface area contributed by atoms with Crippen molar-refractivity contribution in [1.82, 2.24) is 14.9 Å². The highest BCUT2D eigenvalue weighted by Gasteiger charge is 2.38. The predicted octanol–water partition coefficient (Wildman–Crippen LogP) is 2.71. The molecule has 4 rings (SSSR count). The largest absolute Gasteiger partial charge is 0.502 e. The van der Waals surface area contributed by atoms with E-state index in [-0.39, 0.29) is 29.5 Å². The number of aromatic nitrogens is 1. The van der Waals surface area contributed by atoms with Crippen molar-refractivity contribution in [2.75, 3.05) is 18.1 Å². The summed E-state index contributed by atoms with van der Waals surface area (Å²) >= 11 is 0. The van der Waals surface area contributed by atoms with Gasteiger partial charge in [0, 0.05) is 37.5 Å². The van der Waals surface area contributed by atoms with Crippen LogP contribution < -0.4 is 15.8 Å². The highest BCUT2D eigenvalue weighted by molar-refractivity contribution is 5.99. The number of hydrogen-bond acceptors (Lipinski definition) is 5. The molecular formula is C24H28F2N4O4. The summed E-state index contributed by atoms with van der Waals surface area (Å²) in [7, 11) is 0. The van der Waals surface area contributed by atoms with Gasteiger partial charge in [-0.1, -0.05) is 18.9 Å². The second kappa shape index (κ2) is 9.44. The number of nitrogens with zero attached hydrogens (tertiary/aromatic N) is 3. The summed E-state index contributed by atoms with van der Waals surface area (Å²) in [6.45, 7) is 4.40. The van der Waals surface area contributed by atoms with E-state index in [0.29, 0.717) is 25.1 Å². The third kappa shape index (κ3) is 4.24. The van der Waals surface area contributed by atoms with E-state index < -0.39 is 34.6 Å². The maximum absolute atomic E-state index is 13.9. The summed E-state index contributed by atoms with van der Waals surface area (Å²) in [5.74, 6) is -3.31. The van der Waals surface area contributed by atoms with Crippen molar-refractivity contribution >= 4 is 11.8 Å². The van der Waals surface area contributed by atoms with Crippen LogP contribution in [0.3, 0.4) is 0 Å². The van der Waals surface area contributed by atoms with Crippen molar-refractivity contribution in [3.8, 4) is 5.75 Å². The van der Waals surface area contributed by atoms with E-state index in [2.05, 4.69) is 5.32 Å². The van der Waals surface area contributed by atoms with Gasteiger partial charge in [0.05, 0.1) is 0 Å². The van der Waals surface area contributed by atoms with Crippen LogP contribution in [0.4, 0.5) is 8.78 Å². The predicted molar refractivity (Wildman–Crippen MR) is 121 cm³/mol. The van der Waals surface area contributed by atoms with Gasteiger partial charge in [0.25, 0.3) is 11.8 Å². The summed E-state index contributed by atoms with van der Waals surface area (Å²) in [5.41, 5.74) is -1.49. The Balaban J connectivity index is 1.69. The third-order valence-corrected chi connectivity index (χ3v) is 6.75. The van der Waals surface area contributed by atoms with E-state index in [1.165, 1.54) is 16.9 Å². The lowest BCUT2D eigenvalue weighted by molar-refractivity contribution is 0.0593. The van der Waals surface area contributed by atoms with Crippen LogP contribution in [-0.4, -0.2) is 45.8 Å². The summed E-state index contributed by atoms with van der Waals surface area (Å²) in [6.07, 6.45) is 5.25. The van der Waals surface area contributed by atoms with Gasteiger partial charge in [-0.3, -0.25) is 24.1 Å². The zero-order valence-electron chi connectivity index (χ0n) is 19.2. The molecule has 2 aromatic rings. The third-order valence-electron chi connectivity index (χ3n) is 6.75. The fraction of sp³-hybridized carbons (Fsp3) is 0.458. The zero-order chi connectivity index (χ0) is 24.6. The molecule has 1 aromatic heterocycles. The second-order valence-electron chi connectivity index (χ2n) is 8.83. The average Bonchev–Trinajstić information content (AvgIpc) is 3.31. The van der Waals surface area contributed by atoms with Crippen LogP contribution in [0.15, 0.2) is 29.2 Å². The molecule has 1 aliphatic carbocycles. The lowest BCUT2D eigenvalue weighted by Gasteiger charge is -2.45. The number of nitrogens with one attached hydrogen (secondary N) is 1. The van der Waals surface area contributed by atoms with Crippen molar-refractivity contribution in [2.45, 2.75) is 52.2 Å². The molecule has 1 fully saturated rings. The van der Waals surface area contributed by atoms with Crippen molar-refractivity contribution in [3.05, 3.63) is 63.1 Å². The normalized spacial score (nSPS) is 18.4. The van der Waals surface area contributed by atoms with Gasteiger partial charge >= 0.3 is 0 Å². The first-order chi connectivity index (χ1) is 16.2. The number of halogens is 2. The standard InChI is InChI=1S/C24H28F2N4O4/c1-3-28-14(2)29(12-15-6-4-5-7-15)30-13-18(21(31)22(32)20(30)24(28)34)23(33)27-11-16-8-9-17(25)10-19(16)26/h8-10,13-15,32H,3-7,11-12H2,1-2H3,(H,27,33)/t14-/m0/s1. The smallest absolute Gasteiger partial charge is 0.278 e. The summed E-state index contributed by atoms with van der Waals surface area (Å²) < 4.78 is 28.5. The molecule has 1 aromatic carbocycles. The van der Waals surface area contributed by atoms with Crippen molar-refractivity contribution in [2.24, 2.45) is 5.92 Å². The Kier molecular flexibility index (Phi) is 6.58. The van der Waals surface area contributed by atoms with Gasteiger partial charge in [-0.15, -0.1) is 0 Å². The van der Waals surface area contributed by atoms with Gasteiger partial charge in [-0.25, -0.2) is 8.78 Å².